The smallest absolute Gasteiger partial charge is 0.418 e. The van der Waals surface area contributed by atoms with Crippen LogP contribution in [0.2, 0.25) is 0 Å². The molecular weight excluding hydrogens is 309 g/mol. The molecule has 0 aliphatic carbocycles. The first-order valence-electron chi connectivity index (χ1n) is 5.94. The summed E-state index contributed by atoms with van der Waals surface area (Å²) in [6.07, 6.45) is 0.489. The summed E-state index contributed by atoms with van der Waals surface area (Å²) in [5, 5.41) is 12.0. The van der Waals surface area contributed by atoms with E-state index in [1.54, 1.807) is 6.92 Å². The van der Waals surface area contributed by atoms with Gasteiger partial charge >= 0.3 is 13.2 Å². The highest BCUT2D eigenvalue weighted by atomic mass is 19.5. The minimum atomic E-state index is -6.00. The Morgan fingerprint density at radius 1 is 1.32 bits per heavy atom. The van der Waals surface area contributed by atoms with E-state index in [9.17, 15) is 27.4 Å². The molecule has 0 saturated heterocycles. The normalized spacial score (nSPS) is 12.4. The lowest BCUT2D eigenvalue weighted by atomic mass is 10.1. The first-order valence-corrected chi connectivity index (χ1v) is 5.94. The predicted octanol–water partition coefficient (Wildman–Crippen LogP) is 1.61. The predicted molar refractivity (Wildman–Crippen MR) is 67.7 cm³/mol. The third kappa shape index (κ3) is 4.19. The van der Waals surface area contributed by atoms with Crippen LogP contribution < -0.4 is 10.7 Å². The molecule has 12 heteroatoms. The molecule has 0 amide bonds. The van der Waals surface area contributed by atoms with Gasteiger partial charge in [0.2, 0.25) is 0 Å². The summed E-state index contributed by atoms with van der Waals surface area (Å²) in [6.45, 7) is 3.56. The highest BCUT2D eigenvalue weighted by molar-refractivity contribution is 6.50. The van der Waals surface area contributed by atoms with Gasteiger partial charge in [0.25, 0.3) is 5.69 Å². The zero-order chi connectivity index (χ0) is 17.1. The van der Waals surface area contributed by atoms with Crippen LogP contribution in [-0.2, 0) is 6.42 Å². The van der Waals surface area contributed by atoms with Crippen molar-refractivity contribution in [2.45, 2.75) is 20.3 Å². The number of hydrogen-bond acceptors (Lipinski definition) is 3. The molecule has 0 saturated carbocycles. The fraction of sp³-hybridized carbons (Fsp3) is 0.300. The van der Waals surface area contributed by atoms with Crippen LogP contribution in [-0.4, -0.2) is 22.9 Å². The molecule has 0 aromatic heterocycles. The fourth-order valence-electron chi connectivity index (χ4n) is 1.86. The first kappa shape index (κ1) is 17.4. The third-order valence-corrected chi connectivity index (χ3v) is 2.62. The van der Waals surface area contributed by atoms with Crippen LogP contribution in [0, 0.1) is 22.6 Å². The number of halogens is 4. The van der Waals surface area contributed by atoms with Gasteiger partial charge < -0.3 is 17.3 Å². The lowest BCUT2D eigenvalue weighted by molar-refractivity contribution is -0.385. The highest BCUT2D eigenvalue weighted by Crippen LogP contribution is 2.15. The van der Waals surface area contributed by atoms with Crippen molar-refractivity contribution in [3.8, 4) is 0 Å². The maximum Gasteiger partial charge on any atom is 0.673 e. The van der Waals surface area contributed by atoms with Crippen molar-refractivity contribution in [2.75, 3.05) is 0 Å². The number of benzene rings is 1. The zero-order valence-electron chi connectivity index (χ0n) is 11.5. The number of nitro benzene ring substituents is 1. The number of nitrogens with zero attached hydrogens (tertiary/aromatic N) is 4. The second kappa shape index (κ2) is 6.44. The van der Waals surface area contributed by atoms with Gasteiger partial charge in [0.05, 0.1) is 10.5 Å². The molecule has 1 heterocycles. The molecular formula is C10H10BF4N5O2. The standard InChI is InChI=1S/C10H10N5O2.BF4/c1-3-6-7(15(16)17)4-5(2)8-9(6)13-10(12-8)14-11;2-1(3,4)5/h4,11H,3H2,1-2H3;/q+1;-1. The van der Waals surface area contributed by atoms with Crippen molar-refractivity contribution in [2.24, 2.45) is 9.98 Å². The van der Waals surface area contributed by atoms with E-state index in [0.29, 0.717) is 28.3 Å². The molecule has 0 fully saturated rings. The van der Waals surface area contributed by atoms with Crippen molar-refractivity contribution in [1.29, 1.82) is 5.53 Å². The van der Waals surface area contributed by atoms with Gasteiger partial charge in [-0.1, -0.05) is 12.5 Å². The Morgan fingerprint density at radius 3 is 2.23 bits per heavy atom. The van der Waals surface area contributed by atoms with Crippen LogP contribution >= 0.6 is 0 Å². The van der Waals surface area contributed by atoms with Gasteiger partial charge in [-0.05, 0) is 23.3 Å². The van der Waals surface area contributed by atoms with E-state index < -0.39 is 12.2 Å². The highest BCUT2D eigenvalue weighted by Gasteiger charge is 2.26. The Hall–Kier alpha value is -2.62. The molecule has 7 nitrogen and oxygen atoms in total. The van der Waals surface area contributed by atoms with Crippen molar-refractivity contribution in [3.63, 3.8) is 0 Å². The van der Waals surface area contributed by atoms with Crippen LogP contribution in [0.4, 0.5) is 23.0 Å². The van der Waals surface area contributed by atoms with Gasteiger partial charge in [-0.3, -0.25) is 10.1 Å². The van der Waals surface area contributed by atoms with E-state index >= 15 is 0 Å². The summed E-state index contributed by atoms with van der Waals surface area (Å²) in [5.41, 5.74) is 8.14. The fourth-order valence-corrected chi connectivity index (χ4v) is 1.86. The minimum Gasteiger partial charge on any atom is -0.418 e. The lowest BCUT2D eigenvalue weighted by Gasteiger charge is -1.98. The van der Waals surface area contributed by atoms with E-state index in [4.69, 9.17) is 5.53 Å². The number of nitrogens with one attached hydrogen (secondary N) is 1. The third-order valence-electron chi connectivity index (χ3n) is 2.62. The SMILES string of the molecule is CCc1c([N+](=O)[O-])cc(C)c2c1=NC(=[N+]=N)N=2.F[B-](F)(F)F. The van der Waals surface area contributed by atoms with E-state index in [0.717, 1.165) is 0 Å². The van der Waals surface area contributed by atoms with Gasteiger partial charge in [-0.15, -0.1) is 4.79 Å². The monoisotopic (exact) mass is 319 g/mol. The Kier molecular flexibility index (Phi) is 5.10. The van der Waals surface area contributed by atoms with E-state index in [2.05, 4.69) is 14.8 Å². The molecule has 22 heavy (non-hydrogen) atoms. The van der Waals surface area contributed by atoms with E-state index in [-0.39, 0.29) is 11.6 Å². The molecule has 0 atom stereocenters. The van der Waals surface area contributed by atoms with Crippen LogP contribution in [0.5, 0.6) is 0 Å². The second-order valence-electron chi connectivity index (χ2n) is 4.13. The molecule has 0 spiro atoms. The van der Waals surface area contributed by atoms with Crippen LogP contribution in [0.1, 0.15) is 18.1 Å². The summed E-state index contributed by atoms with van der Waals surface area (Å²) in [4.78, 5) is 21.8. The Bertz CT molecular complexity index is 780. The molecule has 0 radical (unpaired) electrons. The zero-order valence-corrected chi connectivity index (χ0v) is 11.5. The molecule has 1 N–H and O–H groups in total. The minimum absolute atomic E-state index is 0.0401. The largest absolute Gasteiger partial charge is 0.673 e. The number of fused-ring (bicyclic) bond motifs is 1. The second-order valence-corrected chi connectivity index (χ2v) is 4.13. The number of guanidine groups is 1. The van der Waals surface area contributed by atoms with Crippen LogP contribution in [0.15, 0.2) is 16.1 Å². The number of rotatable bonds is 2. The molecule has 1 aromatic rings. The van der Waals surface area contributed by atoms with Gasteiger partial charge in [0.1, 0.15) is 0 Å². The van der Waals surface area contributed by atoms with Gasteiger partial charge in [0.15, 0.2) is 10.7 Å². The van der Waals surface area contributed by atoms with Gasteiger partial charge in [0, 0.05) is 11.6 Å². The maximum atomic E-state index is 10.9. The van der Waals surface area contributed by atoms with Crippen molar-refractivity contribution in [1.82, 2.24) is 0 Å². The van der Waals surface area contributed by atoms with E-state index in [1.165, 1.54) is 6.07 Å². The Morgan fingerprint density at radius 2 is 1.82 bits per heavy atom. The average Bonchev–Trinajstić information content (AvgIpc) is 2.81. The summed E-state index contributed by atoms with van der Waals surface area (Å²) in [6, 6.07) is 1.49. The molecule has 2 rings (SSSR count). The Balaban J connectivity index is 0.000000422. The van der Waals surface area contributed by atoms with E-state index in [1.807, 2.05) is 6.92 Å². The molecule has 0 unspecified atom stereocenters. The molecule has 1 aliphatic rings. The summed E-state index contributed by atoms with van der Waals surface area (Å²) >= 11 is 0. The first-order chi connectivity index (χ1) is 10.1. The van der Waals surface area contributed by atoms with Gasteiger partial charge in [-0.25, -0.2) is 0 Å². The number of aryl methyl sites for hydroxylation is 1. The van der Waals surface area contributed by atoms with Crippen molar-refractivity contribution in [3.05, 3.63) is 38.0 Å². The number of nitro groups is 1. The van der Waals surface area contributed by atoms with Gasteiger partial charge in [-0.2, -0.15) is 0 Å². The van der Waals surface area contributed by atoms with Crippen LogP contribution in [0.3, 0.4) is 0 Å². The molecule has 1 aromatic carbocycles. The number of hydrogen-bond donors (Lipinski definition) is 1. The summed E-state index contributed by atoms with van der Waals surface area (Å²) in [5.74, 6) is 0.0401. The molecule has 1 aliphatic heterocycles. The summed E-state index contributed by atoms with van der Waals surface area (Å²) < 4.78 is 39.0. The van der Waals surface area contributed by atoms with Crippen molar-refractivity contribution < 1.29 is 27.0 Å². The Labute approximate surface area is 120 Å². The average molecular weight is 319 g/mol. The molecule has 118 valence electrons. The quantitative estimate of drug-likeness (QED) is 0.223. The maximum absolute atomic E-state index is 10.9. The topological polar surface area (TPSA) is 106 Å². The van der Waals surface area contributed by atoms with Crippen molar-refractivity contribution >= 4 is 18.9 Å². The van der Waals surface area contributed by atoms with Crippen LogP contribution in [0.25, 0.3) is 0 Å². The summed E-state index contributed by atoms with van der Waals surface area (Å²) in [7, 11) is -6.00. The molecule has 0 bridgehead atoms. The lowest BCUT2D eigenvalue weighted by Crippen LogP contribution is -2.29.